The number of hydrogen-bond acceptors (Lipinski definition) is 6. The Kier molecular flexibility index (Phi) is 5.88. The van der Waals surface area contributed by atoms with Crippen molar-refractivity contribution in [2.75, 3.05) is 39.8 Å². The highest BCUT2D eigenvalue weighted by Gasteiger charge is 2.27. The number of carbonyl (C=O) groups excluding carboxylic acids is 1. The van der Waals surface area contributed by atoms with E-state index in [1.165, 1.54) is 10.5 Å². The maximum absolute atomic E-state index is 12.8. The first-order valence-electron chi connectivity index (χ1n) is 8.83. The molecule has 144 valence electrons. The molecule has 1 fully saturated rings. The Morgan fingerprint density at radius 3 is 2.37 bits per heavy atom. The molecule has 3 rings (SSSR count). The van der Waals surface area contributed by atoms with E-state index in [4.69, 9.17) is 4.74 Å². The van der Waals surface area contributed by atoms with Crippen LogP contribution in [-0.4, -0.2) is 68.4 Å². The van der Waals surface area contributed by atoms with E-state index >= 15 is 0 Å². The van der Waals surface area contributed by atoms with Gasteiger partial charge in [0, 0.05) is 44.1 Å². The first-order chi connectivity index (χ1) is 12.9. The molecule has 0 atom stereocenters. The van der Waals surface area contributed by atoms with Crippen molar-refractivity contribution in [2.24, 2.45) is 0 Å². The summed E-state index contributed by atoms with van der Waals surface area (Å²) in [7, 11) is -1.51. The Morgan fingerprint density at radius 2 is 1.74 bits per heavy atom. The number of rotatable bonds is 5. The number of likely N-dealkylation sites (N-methyl/N-ethyl adjacent to an activating group) is 1. The minimum absolute atomic E-state index is 0.269. The molecule has 27 heavy (non-hydrogen) atoms. The van der Waals surface area contributed by atoms with Crippen LogP contribution in [0, 0.1) is 0 Å². The number of sulfonamides is 1. The van der Waals surface area contributed by atoms with Crippen LogP contribution in [0.1, 0.15) is 17.3 Å². The van der Waals surface area contributed by atoms with E-state index in [1.807, 2.05) is 7.05 Å². The van der Waals surface area contributed by atoms with Crippen LogP contribution in [0.25, 0.3) is 11.1 Å². The minimum Gasteiger partial charge on any atom is -0.462 e. The summed E-state index contributed by atoms with van der Waals surface area (Å²) in [6.07, 6.45) is 3.08. The average Bonchev–Trinajstić information content (AvgIpc) is 2.69. The number of piperazine rings is 1. The quantitative estimate of drug-likeness (QED) is 0.727. The van der Waals surface area contributed by atoms with Crippen molar-refractivity contribution in [1.82, 2.24) is 14.2 Å². The molecule has 2 heterocycles. The molecule has 1 aliphatic rings. The van der Waals surface area contributed by atoms with Gasteiger partial charge < -0.3 is 9.64 Å². The Morgan fingerprint density at radius 1 is 1.07 bits per heavy atom. The lowest BCUT2D eigenvalue weighted by Gasteiger charge is -2.31. The van der Waals surface area contributed by atoms with E-state index < -0.39 is 16.0 Å². The first kappa shape index (κ1) is 19.5. The zero-order valence-corrected chi connectivity index (χ0v) is 16.3. The number of benzene rings is 1. The van der Waals surface area contributed by atoms with Gasteiger partial charge in [-0.25, -0.2) is 13.2 Å². The molecule has 0 radical (unpaired) electrons. The molecular formula is C19H23N3O4S. The van der Waals surface area contributed by atoms with Gasteiger partial charge >= 0.3 is 5.97 Å². The summed E-state index contributed by atoms with van der Waals surface area (Å²) < 4.78 is 32.1. The molecule has 1 aromatic heterocycles. The molecule has 0 N–H and O–H groups in total. The van der Waals surface area contributed by atoms with Gasteiger partial charge in [-0.3, -0.25) is 4.98 Å². The molecule has 0 spiro atoms. The molecule has 1 aliphatic heterocycles. The second-order valence-corrected chi connectivity index (χ2v) is 8.35. The number of aromatic nitrogens is 1. The maximum Gasteiger partial charge on any atom is 0.339 e. The van der Waals surface area contributed by atoms with Crippen molar-refractivity contribution in [1.29, 1.82) is 0 Å². The van der Waals surface area contributed by atoms with Crippen LogP contribution in [0.4, 0.5) is 0 Å². The highest BCUT2D eigenvalue weighted by atomic mass is 32.2. The summed E-state index contributed by atoms with van der Waals surface area (Å²) in [5.41, 5.74) is 1.87. The normalized spacial score (nSPS) is 16.2. The van der Waals surface area contributed by atoms with Crippen LogP contribution in [0.5, 0.6) is 0 Å². The topological polar surface area (TPSA) is 79.8 Å². The lowest BCUT2D eigenvalue weighted by atomic mass is 10.1. The number of ether oxygens (including phenoxy) is 1. The van der Waals surface area contributed by atoms with Crippen LogP contribution in [0.3, 0.4) is 0 Å². The van der Waals surface area contributed by atoms with Gasteiger partial charge in [-0.15, -0.1) is 0 Å². The Labute approximate surface area is 159 Å². The molecular weight excluding hydrogens is 366 g/mol. The van der Waals surface area contributed by atoms with Gasteiger partial charge in [0.2, 0.25) is 10.0 Å². The van der Waals surface area contributed by atoms with E-state index in [-0.39, 0.29) is 4.90 Å². The predicted octanol–water partition coefficient (Wildman–Crippen LogP) is 1.86. The summed E-state index contributed by atoms with van der Waals surface area (Å²) >= 11 is 0. The molecule has 1 aromatic carbocycles. The van der Waals surface area contributed by atoms with Gasteiger partial charge in [-0.2, -0.15) is 4.31 Å². The maximum atomic E-state index is 12.8. The number of nitrogens with zero attached hydrogens (tertiary/aromatic N) is 3. The molecule has 2 aromatic rings. The van der Waals surface area contributed by atoms with E-state index in [2.05, 4.69) is 9.88 Å². The standard InChI is InChI=1S/C19H23N3O4S/c1-3-26-19(23)17-12-16(13-20-14-17)15-4-6-18(7-5-15)27(24,25)22-10-8-21(2)9-11-22/h4-7,12-14H,3,8-11H2,1-2H3. The van der Waals surface area contributed by atoms with E-state index in [0.29, 0.717) is 25.3 Å². The molecule has 0 saturated carbocycles. The van der Waals surface area contributed by atoms with Gasteiger partial charge in [0.15, 0.2) is 0 Å². The monoisotopic (exact) mass is 389 g/mol. The fourth-order valence-corrected chi connectivity index (χ4v) is 4.34. The molecule has 1 saturated heterocycles. The van der Waals surface area contributed by atoms with Gasteiger partial charge in [0.1, 0.15) is 0 Å². The molecule has 8 heteroatoms. The second kappa shape index (κ2) is 8.16. The summed E-state index contributed by atoms with van der Waals surface area (Å²) in [5.74, 6) is -0.430. The fraction of sp³-hybridized carbons (Fsp3) is 0.368. The van der Waals surface area contributed by atoms with Crippen molar-refractivity contribution < 1.29 is 17.9 Å². The zero-order valence-electron chi connectivity index (χ0n) is 15.5. The van der Waals surface area contributed by atoms with Crippen LogP contribution >= 0.6 is 0 Å². The third kappa shape index (κ3) is 4.35. The third-order valence-corrected chi connectivity index (χ3v) is 6.45. The summed E-state index contributed by atoms with van der Waals surface area (Å²) in [6.45, 7) is 4.47. The van der Waals surface area contributed by atoms with E-state index in [0.717, 1.165) is 24.2 Å². The van der Waals surface area contributed by atoms with Gasteiger partial charge in [-0.1, -0.05) is 12.1 Å². The minimum atomic E-state index is -3.50. The second-order valence-electron chi connectivity index (χ2n) is 6.41. The van der Waals surface area contributed by atoms with Crippen LogP contribution in [0.2, 0.25) is 0 Å². The SMILES string of the molecule is CCOC(=O)c1cncc(-c2ccc(S(=O)(=O)N3CCN(C)CC3)cc2)c1. The lowest BCUT2D eigenvalue weighted by Crippen LogP contribution is -2.46. The summed E-state index contributed by atoms with van der Waals surface area (Å²) in [4.78, 5) is 18.3. The highest BCUT2D eigenvalue weighted by molar-refractivity contribution is 7.89. The fourth-order valence-electron chi connectivity index (χ4n) is 2.92. The van der Waals surface area contributed by atoms with Crippen molar-refractivity contribution in [3.63, 3.8) is 0 Å². The first-order valence-corrected chi connectivity index (χ1v) is 10.3. The van der Waals surface area contributed by atoms with Gasteiger partial charge in [0.25, 0.3) is 0 Å². The van der Waals surface area contributed by atoms with Crippen LogP contribution in [-0.2, 0) is 14.8 Å². The van der Waals surface area contributed by atoms with Gasteiger partial charge in [0.05, 0.1) is 17.1 Å². The predicted molar refractivity (Wildman–Crippen MR) is 102 cm³/mol. The average molecular weight is 389 g/mol. The number of hydrogen-bond donors (Lipinski definition) is 0. The largest absolute Gasteiger partial charge is 0.462 e. The Bertz CT molecular complexity index is 905. The highest BCUT2D eigenvalue weighted by Crippen LogP contribution is 2.24. The molecule has 7 nitrogen and oxygen atoms in total. The number of pyridine rings is 1. The van der Waals surface area contributed by atoms with Crippen LogP contribution in [0.15, 0.2) is 47.6 Å². The molecule has 0 amide bonds. The van der Waals surface area contributed by atoms with Crippen molar-refractivity contribution in [3.8, 4) is 11.1 Å². The zero-order chi connectivity index (χ0) is 19.4. The molecule has 0 unspecified atom stereocenters. The van der Waals surface area contributed by atoms with Crippen molar-refractivity contribution in [2.45, 2.75) is 11.8 Å². The Balaban J connectivity index is 1.81. The lowest BCUT2D eigenvalue weighted by molar-refractivity contribution is 0.0526. The van der Waals surface area contributed by atoms with E-state index in [1.54, 1.807) is 43.5 Å². The number of esters is 1. The number of carbonyl (C=O) groups is 1. The smallest absolute Gasteiger partial charge is 0.339 e. The van der Waals surface area contributed by atoms with Crippen LogP contribution < -0.4 is 0 Å². The third-order valence-electron chi connectivity index (χ3n) is 4.54. The molecule has 0 aliphatic carbocycles. The van der Waals surface area contributed by atoms with Crippen molar-refractivity contribution in [3.05, 3.63) is 48.3 Å². The Hall–Kier alpha value is -2.29. The van der Waals surface area contributed by atoms with Crippen molar-refractivity contribution >= 4 is 16.0 Å². The van der Waals surface area contributed by atoms with Gasteiger partial charge in [-0.05, 0) is 37.7 Å². The summed E-state index contributed by atoms with van der Waals surface area (Å²) in [5, 5.41) is 0. The summed E-state index contributed by atoms with van der Waals surface area (Å²) in [6, 6.07) is 8.35. The van der Waals surface area contributed by atoms with E-state index in [9.17, 15) is 13.2 Å². The molecule has 0 bridgehead atoms.